The Balaban J connectivity index is 1.87. The van der Waals surface area contributed by atoms with E-state index in [2.05, 4.69) is 0 Å². The molecule has 1 heterocycles. The van der Waals surface area contributed by atoms with Gasteiger partial charge in [-0.3, -0.25) is 9.59 Å². The number of carboxylic acid groups (broad SMARTS) is 1. The summed E-state index contributed by atoms with van der Waals surface area (Å²) in [6.07, 6.45) is 1.54. The van der Waals surface area contributed by atoms with E-state index >= 15 is 0 Å². The Morgan fingerprint density at radius 3 is 2.62 bits per heavy atom. The van der Waals surface area contributed by atoms with Crippen molar-refractivity contribution in [2.45, 2.75) is 6.92 Å². The Kier molecular flexibility index (Phi) is 6.08. The number of phenols is 1. The number of aromatic hydroxyl groups is 1. The van der Waals surface area contributed by atoms with Gasteiger partial charge in [0.2, 0.25) is 0 Å². The zero-order valence-electron chi connectivity index (χ0n) is 15.3. The lowest BCUT2D eigenvalue weighted by molar-refractivity contribution is -0.139. The Labute approximate surface area is 170 Å². The molecule has 1 aliphatic rings. The zero-order chi connectivity index (χ0) is 21.0. The number of phenolic OH excluding ortho intramolecular Hbond substituents is 1. The first kappa shape index (κ1) is 20.3. The maximum Gasteiger partial charge on any atom is 0.341 e. The number of hydrogen-bond acceptors (Lipinski definition) is 7. The SMILES string of the molecule is CCOc1cc(/C=C2/SC(=O)N(c3cccc(O)c3)C2=O)ccc1OCC(=O)O. The minimum absolute atomic E-state index is 0.0520. The molecule has 0 atom stereocenters. The maximum atomic E-state index is 12.7. The number of aliphatic carboxylic acids is 1. The van der Waals surface area contributed by atoms with Crippen LogP contribution in [0.25, 0.3) is 6.08 Å². The number of nitrogens with zero attached hydrogens (tertiary/aromatic N) is 1. The van der Waals surface area contributed by atoms with Crippen LogP contribution >= 0.6 is 11.8 Å². The number of thioether (sulfide) groups is 1. The quantitative estimate of drug-likeness (QED) is 0.661. The molecule has 3 rings (SSSR count). The summed E-state index contributed by atoms with van der Waals surface area (Å²) in [5.74, 6) is -1.08. The maximum absolute atomic E-state index is 12.7. The Morgan fingerprint density at radius 1 is 1.14 bits per heavy atom. The fourth-order valence-corrected chi connectivity index (χ4v) is 3.46. The molecule has 1 fully saturated rings. The van der Waals surface area contributed by atoms with Gasteiger partial charge < -0.3 is 19.7 Å². The summed E-state index contributed by atoms with van der Waals surface area (Å²) in [6, 6.07) is 10.6. The molecule has 29 heavy (non-hydrogen) atoms. The van der Waals surface area contributed by atoms with Crippen molar-refractivity contribution >= 4 is 40.6 Å². The van der Waals surface area contributed by atoms with Gasteiger partial charge in [-0.1, -0.05) is 12.1 Å². The number of hydrogen-bond donors (Lipinski definition) is 2. The molecule has 0 unspecified atom stereocenters. The van der Waals surface area contributed by atoms with Gasteiger partial charge in [-0.05, 0) is 54.6 Å². The number of ether oxygens (including phenoxy) is 2. The van der Waals surface area contributed by atoms with Crippen molar-refractivity contribution in [1.29, 1.82) is 0 Å². The smallest absolute Gasteiger partial charge is 0.341 e. The van der Waals surface area contributed by atoms with E-state index in [-0.39, 0.29) is 22.1 Å². The van der Waals surface area contributed by atoms with E-state index in [1.165, 1.54) is 18.2 Å². The highest BCUT2D eigenvalue weighted by atomic mass is 32.2. The Morgan fingerprint density at radius 2 is 1.93 bits per heavy atom. The molecule has 2 amide bonds. The number of rotatable bonds is 7. The summed E-state index contributed by atoms with van der Waals surface area (Å²) < 4.78 is 10.7. The molecule has 1 aliphatic heterocycles. The molecule has 0 aromatic heterocycles. The predicted octanol–water partition coefficient (Wildman–Crippen LogP) is 3.50. The highest BCUT2D eigenvalue weighted by Gasteiger charge is 2.36. The summed E-state index contributed by atoms with van der Waals surface area (Å²) in [6.45, 7) is 1.59. The van der Waals surface area contributed by atoms with Gasteiger partial charge in [0.25, 0.3) is 11.1 Å². The molecule has 2 aromatic rings. The fraction of sp³-hybridized carbons (Fsp3) is 0.150. The summed E-state index contributed by atoms with van der Waals surface area (Å²) in [7, 11) is 0. The number of benzene rings is 2. The van der Waals surface area contributed by atoms with Crippen LogP contribution in [0.2, 0.25) is 0 Å². The molecule has 8 nitrogen and oxygen atoms in total. The molecular weight excluding hydrogens is 398 g/mol. The third-order valence-corrected chi connectivity index (χ3v) is 4.67. The van der Waals surface area contributed by atoms with E-state index in [0.717, 1.165) is 16.7 Å². The van der Waals surface area contributed by atoms with Crippen molar-refractivity contribution in [3.8, 4) is 17.2 Å². The highest BCUT2D eigenvalue weighted by Crippen LogP contribution is 2.37. The lowest BCUT2D eigenvalue weighted by atomic mass is 10.1. The predicted molar refractivity (Wildman–Crippen MR) is 107 cm³/mol. The van der Waals surface area contributed by atoms with Gasteiger partial charge in [-0.2, -0.15) is 0 Å². The Bertz CT molecular complexity index is 1000. The van der Waals surface area contributed by atoms with Crippen LogP contribution in [0.15, 0.2) is 47.4 Å². The van der Waals surface area contributed by atoms with Gasteiger partial charge in [-0.15, -0.1) is 0 Å². The number of carbonyl (C=O) groups is 3. The number of anilines is 1. The van der Waals surface area contributed by atoms with E-state index in [1.807, 2.05) is 0 Å². The molecule has 0 spiro atoms. The van der Waals surface area contributed by atoms with Crippen molar-refractivity contribution < 1.29 is 34.1 Å². The second kappa shape index (κ2) is 8.70. The lowest BCUT2D eigenvalue weighted by Crippen LogP contribution is -2.27. The highest BCUT2D eigenvalue weighted by molar-refractivity contribution is 8.19. The van der Waals surface area contributed by atoms with E-state index in [4.69, 9.17) is 14.6 Å². The van der Waals surface area contributed by atoms with Crippen LogP contribution in [-0.2, 0) is 9.59 Å². The van der Waals surface area contributed by atoms with Crippen LogP contribution in [0.4, 0.5) is 10.5 Å². The summed E-state index contributed by atoms with van der Waals surface area (Å²) in [5, 5.41) is 17.9. The lowest BCUT2D eigenvalue weighted by Gasteiger charge is -2.12. The van der Waals surface area contributed by atoms with Crippen LogP contribution in [0, 0.1) is 0 Å². The number of carbonyl (C=O) groups excluding carboxylic acids is 2. The average Bonchev–Trinajstić information content (AvgIpc) is 2.94. The molecule has 9 heteroatoms. The number of amides is 2. The largest absolute Gasteiger partial charge is 0.508 e. The minimum atomic E-state index is -1.11. The molecular formula is C20H17NO7S. The van der Waals surface area contributed by atoms with Crippen molar-refractivity contribution in [3.63, 3.8) is 0 Å². The van der Waals surface area contributed by atoms with E-state index in [1.54, 1.807) is 37.3 Å². The molecule has 1 saturated heterocycles. The van der Waals surface area contributed by atoms with Gasteiger partial charge >= 0.3 is 5.97 Å². The fourth-order valence-electron chi connectivity index (χ4n) is 2.62. The third-order valence-electron chi connectivity index (χ3n) is 3.80. The first-order chi connectivity index (χ1) is 13.9. The van der Waals surface area contributed by atoms with Crippen LogP contribution in [0.5, 0.6) is 17.2 Å². The zero-order valence-corrected chi connectivity index (χ0v) is 16.1. The van der Waals surface area contributed by atoms with Crippen LogP contribution in [0.3, 0.4) is 0 Å². The van der Waals surface area contributed by atoms with Crippen molar-refractivity contribution in [2.24, 2.45) is 0 Å². The van der Waals surface area contributed by atoms with Crippen molar-refractivity contribution in [3.05, 3.63) is 52.9 Å². The van der Waals surface area contributed by atoms with E-state index in [0.29, 0.717) is 17.9 Å². The molecule has 0 aliphatic carbocycles. The van der Waals surface area contributed by atoms with Crippen LogP contribution < -0.4 is 14.4 Å². The minimum Gasteiger partial charge on any atom is -0.508 e. The van der Waals surface area contributed by atoms with Gasteiger partial charge in [-0.25, -0.2) is 9.69 Å². The van der Waals surface area contributed by atoms with E-state index < -0.39 is 23.7 Å². The molecule has 0 bridgehead atoms. The summed E-state index contributed by atoms with van der Waals surface area (Å²) >= 11 is 0.782. The first-order valence-corrected chi connectivity index (χ1v) is 9.39. The molecule has 2 N–H and O–H groups in total. The molecule has 0 saturated carbocycles. The van der Waals surface area contributed by atoms with Gasteiger partial charge in [0.15, 0.2) is 18.1 Å². The normalized spacial score (nSPS) is 15.1. The second-order valence-corrected chi connectivity index (χ2v) is 6.85. The molecule has 150 valence electrons. The topological polar surface area (TPSA) is 113 Å². The first-order valence-electron chi connectivity index (χ1n) is 8.57. The molecule has 2 aromatic carbocycles. The van der Waals surface area contributed by atoms with Crippen LogP contribution in [-0.4, -0.2) is 40.5 Å². The van der Waals surface area contributed by atoms with Gasteiger partial charge in [0, 0.05) is 6.07 Å². The van der Waals surface area contributed by atoms with Gasteiger partial charge in [0.1, 0.15) is 5.75 Å². The monoisotopic (exact) mass is 415 g/mol. The van der Waals surface area contributed by atoms with Gasteiger partial charge in [0.05, 0.1) is 17.2 Å². The summed E-state index contributed by atoms with van der Waals surface area (Å²) in [5.41, 5.74) is 0.862. The van der Waals surface area contributed by atoms with Crippen molar-refractivity contribution in [2.75, 3.05) is 18.1 Å². The van der Waals surface area contributed by atoms with Crippen LogP contribution in [0.1, 0.15) is 12.5 Å². The average molecular weight is 415 g/mol. The second-order valence-electron chi connectivity index (χ2n) is 5.86. The summed E-state index contributed by atoms with van der Waals surface area (Å²) in [4.78, 5) is 36.9. The standard InChI is InChI=1S/C20H17NO7S/c1-2-27-16-8-12(6-7-15(16)28-11-18(23)24)9-17-19(25)21(20(26)29-17)13-4-3-5-14(22)10-13/h3-10,22H,2,11H2,1H3,(H,23,24)/b17-9+. The van der Waals surface area contributed by atoms with Crippen molar-refractivity contribution in [1.82, 2.24) is 0 Å². The number of carboxylic acids is 1. The third kappa shape index (κ3) is 4.69. The van der Waals surface area contributed by atoms with E-state index in [9.17, 15) is 19.5 Å². The Hall–Kier alpha value is -3.46. The molecule has 0 radical (unpaired) electrons. The number of imide groups is 1.